The van der Waals surface area contributed by atoms with Crippen LogP contribution < -0.4 is 0 Å². The number of rotatable bonds is 11. The monoisotopic (exact) mass is 566 g/mol. The molecule has 2 aromatic rings. The largest absolute Gasteiger partial charge is 0.407 e. The molecule has 0 amide bonds. The highest BCUT2D eigenvalue weighted by Crippen LogP contribution is 2.21. The lowest BCUT2D eigenvalue weighted by molar-refractivity contribution is -0.145. The third-order valence-corrected chi connectivity index (χ3v) is 6.57. The molecule has 39 heavy (non-hydrogen) atoms. The number of hydrogen-bond acceptors (Lipinski definition) is 4. The Morgan fingerprint density at radius 3 is 2.13 bits per heavy atom. The van der Waals surface area contributed by atoms with E-state index < -0.39 is 34.3 Å². The van der Waals surface area contributed by atoms with E-state index in [9.17, 15) is 26.0 Å². The first-order chi connectivity index (χ1) is 18.3. The summed E-state index contributed by atoms with van der Waals surface area (Å²) in [5.41, 5.74) is 1.99. The molecule has 0 spiro atoms. The molecule has 0 aromatic heterocycles. The highest BCUT2D eigenvalue weighted by Gasteiger charge is 2.31. The Kier molecular flexibility index (Phi) is 13.9. The van der Waals surface area contributed by atoms with Crippen molar-refractivity contribution in [1.29, 1.82) is 0 Å². The smallest absolute Gasteiger partial charge is 0.287 e. The van der Waals surface area contributed by atoms with Crippen LogP contribution in [0.5, 0.6) is 0 Å². The minimum atomic E-state index is -4.49. The lowest BCUT2D eigenvalue weighted by atomic mass is 9.97. The van der Waals surface area contributed by atoms with E-state index in [1.807, 2.05) is 44.2 Å². The second-order valence-corrected chi connectivity index (χ2v) is 10.7. The molecule has 0 saturated heterocycles. The summed E-state index contributed by atoms with van der Waals surface area (Å²) in [6.45, 7) is 7.78. The molecule has 1 unspecified atom stereocenters. The van der Waals surface area contributed by atoms with Crippen molar-refractivity contribution < 1.29 is 26.0 Å². The standard InChI is InChI=1S/C28H32F4N2O2S.C2H6/c1-5-9-26(29)21(2)12-13-22(3)27(24-14-16-25(17-15-24)37(4,35)36)33-34(20-28(30,31)32)19-18-23-10-7-6-8-11-23;1-2/h5-17,22H,18-20H2,1-4H3;1-2H3/b9-5-,13-12+,26-21+,33-27+;. The van der Waals surface area contributed by atoms with Crippen molar-refractivity contribution in [3.63, 3.8) is 0 Å². The summed E-state index contributed by atoms with van der Waals surface area (Å²) < 4.78 is 78.2. The highest BCUT2D eigenvalue weighted by molar-refractivity contribution is 7.90. The van der Waals surface area contributed by atoms with Crippen LogP contribution in [0.4, 0.5) is 17.6 Å². The average molecular weight is 567 g/mol. The maximum absolute atomic E-state index is 14.1. The van der Waals surface area contributed by atoms with Crippen LogP contribution in [0.2, 0.25) is 0 Å². The molecule has 2 aromatic carbocycles. The molecular weight excluding hydrogens is 528 g/mol. The zero-order valence-corrected chi connectivity index (χ0v) is 24.2. The average Bonchev–Trinajstić information content (AvgIpc) is 2.89. The molecule has 214 valence electrons. The first-order valence-corrected chi connectivity index (χ1v) is 14.6. The van der Waals surface area contributed by atoms with E-state index in [2.05, 4.69) is 5.10 Å². The second kappa shape index (κ2) is 16.0. The van der Waals surface area contributed by atoms with Crippen molar-refractivity contribution >= 4 is 15.5 Å². The van der Waals surface area contributed by atoms with Gasteiger partial charge in [-0.2, -0.15) is 18.3 Å². The molecule has 0 radical (unpaired) electrons. The van der Waals surface area contributed by atoms with Crippen LogP contribution in [-0.4, -0.2) is 44.7 Å². The summed E-state index contributed by atoms with van der Waals surface area (Å²) in [4.78, 5) is 0.0854. The van der Waals surface area contributed by atoms with Gasteiger partial charge in [0, 0.05) is 18.7 Å². The summed E-state index contributed by atoms with van der Waals surface area (Å²) in [5.74, 6) is -0.937. The van der Waals surface area contributed by atoms with Gasteiger partial charge in [-0.1, -0.05) is 81.5 Å². The van der Waals surface area contributed by atoms with Crippen LogP contribution in [0.15, 0.2) is 100 Å². The summed E-state index contributed by atoms with van der Waals surface area (Å²) in [7, 11) is -3.46. The summed E-state index contributed by atoms with van der Waals surface area (Å²) in [6, 6.07) is 15.0. The van der Waals surface area contributed by atoms with Gasteiger partial charge in [0.05, 0.1) is 10.6 Å². The van der Waals surface area contributed by atoms with Gasteiger partial charge in [-0.05, 0) is 55.2 Å². The van der Waals surface area contributed by atoms with Crippen molar-refractivity contribution in [2.24, 2.45) is 11.0 Å². The van der Waals surface area contributed by atoms with Gasteiger partial charge in [-0.15, -0.1) is 0 Å². The predicted molar refractivity (Wildman–Crippen MR) is 152 cm³/mol. The van der Waals surface area contributed by atoms with E-state index in [-0.39, 0.29) is 11.4 Å². The first-order valence-electron chi connectivity index (χ1n) is 12.7. The van der Waals surface area contributed by atoms with Crippen molar-refractivity contribution in [2.75, 3.05) is 19.3 Å². The number of nitrogens with zero attached hydrogens (tertiary/aromatic N) is 2. The van der Waals surface area contributed by atoms with Crippen LogP contribution in [0.25, 0.3) is 0 Å². The molecule has 2 rings (SSSR count). The minimum absolute atomic E-state index is 0.0136. The third kappa shape index (κ3) is 12.5. The molecule has 0 N–H and O–H groups in total. The lowest BCUT2D eigenvalue weighted by Crippen LogP contribution is -2.33. The fraction of sp³-hybridized carbons (Fsp3) is 0.367. The number of sulfone groups is 1. The molecule has 0 heterocycles. The van der Waals surface area contributed by atoms with Crippen molar-refractivity contribution in [1.82, 2.24) is 5.01 Å². The molecule has 9 heteroatoms. The Morgan fingerprint density at radius 1 is 1.03 bits per heavy atom. The fourth-order valence-corrected chi connectivity index (χ4v) is 4.08. The zero-order valence-electron chi connectivity index (χ0n) is 23.3. The van der Waals surface area contributed by atoms with Gasteiger partial charge in [0.15, 0.2) is 9.84 Å². The topological polar surface area (TPSA) is 49.7 Å². The van der Waals surface area contributed by atoms with E-state index in [1.54, 1.807) is 39.0 Å². The quantitative estimate of drug-likeness (QED) is 0.120. The van der Waals surface area contributed by atoms with Crippen LogP contribution in [-0.2, 0) is 16.3 Å². The Hall–Kier alpha value is -3.20. The Bertz CT molecular complexity index is 1250. The number of hydrazone groups is 1. The van der Waals surface area contributed by atoms with E-state index in [0.717, 1.165) is 16.8 Å². The van der Waals surface area contributed by atoms with Crippen molar-refractivity contribution in [2.45, 2.75) is 52.1 Å². The Labute approximate surface area is 230 Å². The summed E-state index contributed by atoms with van der Waals surface area (Å²) >= 11 is 0. The molecule has 0 aliphatic carbocycles. The van der Waals surface area contributed by atoms with Crippen molar-refractivity contribution in [3.8, 4) is 0 Å². The van der Waals surface area contributed by atoms with Crippen LogP contribution in [0.3, 0.4) is 0 Å². The lowest BCUT2D eigenvalue weighted by Gasteiger charge is -2.24. The van der Waals surface area contributed by atoms with Gasteiger partial charge in [-0.3, -0.25) is 5.01 Å². The molecule has 1 atom stereocenters. The van der Waals surface area contributed by atoms with Crippen LogP contribution in [0.1, 0.15) is 45.7 Å². The number of hydrogen-bond donors (Lipinski definition) is 0. The molecule has 0 fully saturated rings. The van der Waals surface area contributed by atoms with E-state index in [4.69, 9.17) is 0 Å². The Morgan fingerprint density at radius 2 is 1.62 bits per heavy atom. The van der Waals surface area contributed by atoms with Gasteiger partial charge < -0.3 is 0 Å². The summed E-state index contributed by atoms with van der Waals surface area (Å²) in [5, 5.41) is 5.38. The molecule has 0 saturated carbocycles. The fourth-order valence-electron chi connectivity index (χ4n) is 3.45. The van der Waals surface area contributed by atoms with Crippen LogP contribution in [0, 0.1) is 5.92 Å². The van der Waals surface area contributed by atoms with E-state index in [1.165, 1.54) is 30.3 Å². The number of alkyl halides is 3. The normalized spacial score (nSPS) is 14.2. The predicted octanol–water partition coefficient (Wildman–Crippen LogP) is 7.94. The maximum atomic E-state index is 14.1. The maximum Gasteiger partial charge on any atom is 0.407 e. The van der Waals surface area contributed by atoms with Gasteiger partial charge in [0.25, 0.3) is 0 Å². The molecule has 4 nitrogen and oxygen atoms in total. The Balaban J connectivity index is 0.00000371. The number of benzene rings is 2. The highest BCUT2D eigenvalue weighted by atomic mass is 32.2. The van der Waals surface area contributed by atoms with Crippen molar-refractivity contribution in [3.05, 3.63) is 101 Å². The van der Waals surface area contributed by atoms with Gasteiger partial charge >= 0.3 is 6.18 Å². The SMILES string of the molecule is CC.C\C=C/C(F)=C(C)\C=C\C(C)/C(=N\N(CCc1ccccc1)CC(F)(F)F)c1ccc(S(C)(=O)=O)cc1. The minimum Gasteiger partial charge on any atom is -0.287 e. The molecule has 0 bridgehead atoms. The van der Waals surface area contributed by atoms with Gasteiger partial charge in [-0.25, -0.2) is 12.8 Å². The molecule has 0 aliphatic heterocycles. The summed E-state index contributed by atoms with van der Waals surface area (Å²) in [6.07, 6.45) is 3.03. The zero-order chi connectivity index (χ0) is 29.6. The molecular formula is C30H38F4N2O2S. The number of halogens is 4. The van der Waals surface area contributed by atoms with E-state index in [0.29, 0.717) is 23.3 Å². The number of allylic oxidation sites excluding steroid dienone is 6. The second-order valence-electron chi connectivity index (χ2n) is 8.70. The van der Waals surface area contributed by atoms with Gasteiger partial charge in [0.2, 0.25) is 0 Å². The van der Waals surface area contributed by atoms with Gasteiger partial charge in [0.1, 0.15) is 12.4 Å². The third-order valence-electron chi connectivity index (χ3n) is 5.45. The van der Waals surface area contributed by atoms with E-state index >= 15 is 0 Å². The first kappa shape index (κ1) is 33.8. The van der Waals surface area contributed by atoms with Crippen LogP contribution >= 0.6 is 0 Å². The molecule has 0 aliphatic rings.